The number of nitrogens with zero attached hydrogens (tertiary/aromatic N) is 2. The van der Waals surface area contributed by atoms with Crippen LogP contribution in [-0.4, -0.2) is 72.7 Å². The first-order valence-corrected chi connectivity index (χ1v) is 29.9. The highest BCUT2D eigenvalue weighted by Crippen LogP contribution is 2.45. The van der Waals surface area contributed by atoms with Gasteiger partial charge in [-0.25, -0.2) is 0 Å². The number of para-hydroxylation sites is 3. The van der Waals surface area contributed by atoms with Crippen molar-refractivity contribution in [2.75, 3.05) is 19.8 Å². The van der Waals surface area contributed by atoms with Crippen molar-refractivity contribution in [1.82, 2.24) is 9.97 Å². The van der Waals surface area contributed by atoms with Crippen LogP contribution in [0.1, 0.15) is 91.5 Å². The van der Waals surface area contributed by atoms with Gasteiger partial charge >= 0.3 is 14.4 Å². The van der Waals surface area contributed by atoms with E-state index < -0.39 is 7.32 Å². The molecule has 0 aliphatic carbocycles. The molecule has 0 spiro atoms. The number of pyridine rings is 2. The van der Waals surface area contributed by atoms with E-state index in [0.29, 0.717) is 6.61 Å². The Morgan fingerprint density at radius 2 is 0.974 bits per heavy atom. The van der Waals surface area contributed by atoms with Crippen molar-refractivity contribution in [1.29, 1.82) is 0 Å². The number of benzene rings is 3. The van der Waals surface area contributed by atoms with E-state index in [9.17, 15) is 0 Å². The van der Waals surface area contributed by atoms with Gasteiger partial charge in [-0.1, -0.05) is 48.5 Å². The molecule has 13 rings (SSSR count). The van der Waals surface area contributed by atoms with Crippen molar-refractivity contribution in [2.24, 2.45) is 0 Å². The summed E-state index contributed by atoms with van der Waals surface area (Å²) in [5.74, 6) is 2.96. The maximum absolute atomic E-state index is 6.20. The molecule has 3 aromatic carbocycles. The maximum Gasteiger partial charge on any atom is 0.640 e. The minimum absolute atomic E-state index is 0.120. The zero-order valence-electron chi connectivity index (χ0n) is 46.5. The second-order valence-electron chi connectivity index (χ2n) is 21.7. The van der Waals surface area contributed by atoms with Gasteiger partial charge in [0.15, 0.2) is 0 Å². The summed E-state index contributed by atoms with van der Waals surface area (Å²) < 4.78 is 48.9. The highest BCUT2D eigenvalue weighted by molar-refractivity contribution is 9.11. The van der Waals surface area contributed by atoms with Gasteiger partial charge in [0.25, 0.3) is 0 Å². The highest BCUT2D eigenvalue weighted by atomic mass is 79.9. The van der Waals surface area contributed by atoms with Gasteiger partial charge in [0.1, 0.15) is 17.2 Å². The van der Waals surface area contributed by atoms with Crippen LogP contribution in [0.3, 0.4) is 0 Å². The number of aromatic nitrogens is 2. The topological polar surface area (TPSA) is 99.6 Å². The number of aryl methyl sites for hydroxylation is 1. The van der Waals surface area contributed by atoms with Crippen LogP contribution in [0.25, 0.3) is 41.8 Å². The summed E-state index contributed by atoms with van der Waals surface area (Å²) in [5, 5.41) is 0. The Bertz CT molecular complexity index is 3240. The van der Waals surface area contributed by atoms with Crippen molar-refractivity contribution >= 4 is 69.2 Å². The summed E-state index contributed by atoms with van der Waals surface area (Å²) in [7, 11) is -0.810. The van der Waals surface area contributed by atoms with E-state index in [1.807, 2.05) is 133 Å². The number of rotatable bonds is 4. The molecule has 0 bridgehead atoms. The van der Waals surface area contributed by atoms with E-state index in [2.05, 4.69) is 114 Å². The van der Waals surface area contributed by atoms with Crippen LogP contribution in [0.2, 0.25) is 0 Å². The fourth-order valence-corrected chi connectivity index (χ4v) is 13.1. The van der Waals surface area contributed by atoms with Gasteiger partial charge in [0.2, 0.25) is 0 Å². The van der Waals surface area contributed by atoms with E-state index in [-0.39, 0.29) is 35.6 Å². The number of halogens is 1. The quantitative estimate of drug-likeness (QED) is 0.158. The molecule has 0 saturated carbocycles. The smallest absolute Gasteiger partial charge is 0.493 e. The Morgan fingerprint density at radius 1 is 0.526 bits per heavy atom. The van der Waals surface area contributed by atoms with Gasteiger partial charge in [0.05, 0.1) is 46.0 Å². The molecule has 2 saturated heterocycles. The van der Waals surface area contributed by atoms with Crippen LogP contribution in [0.15, 0.2) is 144 Å². The van der Waals surface area contributed by atoms with E-state index >= 15 is 0 Å². The van der Waals surface area contributed by atoms with Crippen LogP contribution in [0, 0.1) is 6.92 Å². The molecule has 8 aromatic rings. The van der Waals surface area contributed by atoms with Gasteiger partial charge in [-0.3, -0.25) is 9.97 Å². The number of thiophene rings is 3. The fraction of sp³-hybridized carbons (Fsp3) is 0.355. The fourth-order valence-electron chi connectivity index (χ4n) is 8.91. The Labute approximate surface area is 482 Å². The third-order valence-electron chi connectivity index (χ3n) is 14.6. The molecule has 406 valence electrons. The maximum atomic E-state index is 6.20. The van der Waals surface area contributed by atoms with Crippen LogP contribution in [-0.2, 0) is 42.5 Å². The zero-order chi connectivity index (χ0) is 55.2. The molecular formula is C62H69B2BrN2O8S3. The minimum atomic E-state index is -0.523. The minimum Gasteiger partial charge on any atom is -0.493 e. The summed E-state index contributed by atoms with van der Waals surface area (Å²) in [4.78, 5) is 13.3. The van der Waals surface area contributed by atoms with Crippen molar-refractivity contribution in [2.45, 2.75) is 124 Å². The van der Waals surface area contributed by atoms with Crippen molar-refractivity contribution < 1.29 is 37.5 Å². The second-order valence-corrected chi connectivity index (χ2v) is 26.3. The highest BCUT2D eigenvalue weighted by Gasteiger charge is 2.54. The first kappa shape index (κ1) is 57.6. The van der Waals surface area contributed by atoms with Crippen molar-refractivity contribution in [3.63, 3.8) is 0 Å². The SMILES string of the molecule is Brc1cc2c(s1)-c1ccccc1OCC2.CC(C)OB1OC(C)(C)C(C)(C)O1.CC1(C)OB(c2cc3c(s2)-c2ccccc2OCC3)OC1(C)C.Cc1cccnc1.c1cncc(-c2cc3c(s2)-c2ccccc2OCC3)c1. The lowest BCUT2D eigenvalue weighted by Crippen LogP contribution is -2.41. The molecule has 5 aliphatic heterocycles. The molecule has 0 N–H and O–H groups in total. The molecule has 5 aliphatic rings. The molecule has 0 unspecified atom stereocenters. The first-order chi connectivity index (χ1) is 37.3. The lowest BCUT2D eigenvalue weighted by Gasteiger charge is -2.32. The summed E-state index contributed by atoms with van der Waals surface area (Å²) in [6.07, 6.45) is 10.3. The molecule has 10 heterocycles. The monoisotopic (exact) mass is 1170 g/mol. The average molecular weight is 1170 g/mol. The number of ether oxygens (including phenoxy) is 3. The van der Waals surface area contributed by atoms with E-state index in [1.54, 1.807) is 28.9 Å². The van der Waals surface area contributed by atoms with Gasteiger partial charge in [-0.15, -0.1) is 34.0 Å². The van der Waals surface area contributed by atoms with E-state index in [0.717, 1.165) is 54.5 Å². The van der Waals surface area contributed by atoms with E-state index in [4.69, 9.17) is 37.5 Å². The molecule has 0 amide bonds. The Hall–Kier alpha value is -5.13. The molecule has 5 aromatic heterocycles. The molecule has 0 radical (unpaired) electrons. The number of hydrogen-bond acceptors (Lipinski definition) is 13. The molecular weight excluding hydrogens is 1100 g/mol. The summed E-state index contributed by atoms with van der Waals surface area (Å²) in [6, 6.07) is 39.5. The summed E-state index contributed by atoms with van der Waals surface area (Å²) in [5.41, 5.74) is 8.87. The molecule has 0 atom stereocenters. The average Bonchev–Trinajstić information content (AvgIpc) is 4.26. The normalized spacial score (nSPS) is 17.3. The van der Waals surface area contributed by atoms with Crippen LogP contribution in [0.4, 0.5) is 0 Å². The predicted molar refractivity (Wildman–Crippen MR) is 325 cm³/mol. The molecule has 78 heavy (non-hydrogen) atoms. The van der Waals surface area contributed by atoms with Crippen LogP contribution >= 0.6 is 49.9 Å². The second kappa shape index (κ2) is 24.7. The Morgan fingerprint density at radius 3 is 1.44 bits per heavy atom. The van der Waals surface area contributed by atoms with Crippen LogP contribution in [0.5, 0.6) is 17.2 Å². The van der Waals surface area contributed by atoms with E-state index in [1.165, 1.54) is 67.8 Å². The number of hydrogen-bond donors (Lipinski definition) is 0. The zero-order valence-corrected chi connectivity index (χ0v) is 50.6. The molecule has 10 nitrogen and oxygen atoms in total. The lowest BCUT2D eigenvalue weighted by atomic mass is 9.87. The lowest BCUT2D eigenvalue weighted by molar-refractivity contribution is 0.00578. The van der Waals surface area contributed by atoms with Crippen molar-refractivity contribution in [3.05, 3.63) is 166 Å². The largest absolute Gasteiger partial charge is 0.640 e. The van der Waals surface area contributed by atoms with Gasteiger partial charge in [-0.05, 0) is 181 Å². The third-order valence-corrected chi connectivity index (χ3v) is 18.8. The molecule has 2 fully saturated rings. The van der Waals surface area contributed by atoms with Crippen molar-refractivity contribution in [3.8, 4) is 59.0 Å². The Kier molecular flexibility index (Phi) is 18.2. The molecule has 16 heteroatoms. The third kappa shape index (κ3) is 13.5. The van der Waals surface area contributed by atoms with Crippen LogP contribution < -0.4 is 19.0 Å². The predicted octanol–water partition coefficient (Wildman–Crippen LogP) is 15.6. The summed E-state index contributed by atoms with van der Waals surface area (Å²) in [6.45, 7) is 24.6. The first-order valence-electron chi connectivity index (χ1n) is 26.6. The Balaban J connectivity index is 0.000000124. The number of fused-ring (bicyclic) bond motifs is 9. The van der Waals surface area contributed by atoms with Gasteiger partial charge in [0, 0.05) is 96.7 Å². The van der Waals surface area contributed by atoms with Gasteiger partial charge < -0.3 is 37.5 Å². The standard InChI is InChI=1S/C18H21BO3S.C17H13NOS.C12H9BrOS.C9H19BO3.C6H7N/c1-17(2)18(3,4)22-19(21-17)15-11-12-9-10-20-14-8-6-5-7-13(14)16(12)23-15;1-2-6-15-14(5-1)17-12(7-9-19-15)10-16(20-17)13-4-3-8-18-11-13;13-11-7-8-5-6-14-10-4-2-1-3-9(10)12(8)15-11;1-7(2)11-10-12-8(3,4)9(5,6)13-10;1-6-3-2-4-7-5-6/h5-8,11H,9-10H2,1-4H3;1-6,8,10-11H,7,9H2;1-4,7H,5-6H2;7H,1-6H3;2-5H,1H3. The van der Waals surface area contributed by atoms with Gasteiger partial charge in [-0.2, -0.15) is 0 Å². The summed E-state index contributed by atoms with van der Waals surface area (Å²) >= 11 is 8.91.